The average molecular weight is 680 g/mol. The number of allylic oxidation sites excluding steroid dienone is 2. The van der Waals surface area contributed by atoms with Crippen molar-refractivity contribution >= 4 is 65.3 Å². The molecule has 0 fully saturated rings. The van der Waals surface area contributed by atoms with E-state index in [4.69, 9.17) is 0 Å². The van der Waals surface area contributed by atoms with Crippen molar-refractivity contribution in [2.75, 3.05) is 23.0 Å². The molecule has 2 aromatic carbocycles. The Morgan fingerprint density at radius 3 is 2.38 bits per heavy atom. The molecule has 2 radical (unpaired) electrons. The Morgan fingerprint density at radius 1 is 1.03 bits per heavy atom. The van der Waals surface area contributed by atoms with Gasteiger partial charge in [-0.2, -0.15) is 36.4 Å². The molecule has 208 valence electrons. The molecule has 1 aliphatic heterocycles. The zero-order valence-corrected chi connectivity index (χ0v) is 27.0. The molecule has 0 aliphatic carbocycles. The van der Waals surface area contributed by atoms with Crippen LogP contribution in [-0.2, 0) is 63.9 Å². The molecule has 3 aromatic rings. The normalized spacial score (nSPS) is 14.8. The standard InChI is InChI=1S/C25H27N2O6S4.2V/c1-2-19(17-24-26(13-7-15-36(28,29)30)20-9-3-5-11-22(20)34-24)18-25-27(14-8-16-37(31,32)33)21-10-4-6-12-23(21)35-25;;/h5-6,9-12,17-18H,2,7-8,13-16H2,1H3,(H,28,29,30)(H,31,32,33);;/q-1;;/p-2. The fourth-order valence-corrected chi connectivity index (χ4v) is 7.28. The number of aromatic nitrogens is 1. The van der Waals surface area contributed by atoms with E-state index in [2.05, 4.69) is 24.3 Å². The fraction of sp³-hybridized carbons (Fsp3) is 0.320. The average Bonchev–Trinajstić information content (AvgIpc) is 3.35. The summed E-state index contributed by atoms with van der Waals surface area (Å²) in [5.74, 6) is -0.858. The zero-order valence-electron chi connectivity index (χ0n) is 20.9. The van der Waals surface area contributed by atoms with E-state index in [-0.39, 0.29) is 50.0 Å². The van der Waals surface area contributed by atoms with Crippen LogP contribution in [0.3, 0.4) is 0 Å². The number of aryl methyl sites for hydroxylation is 1. The van der Waals surface area contributed by atoms with Crippen molar-refractivity contribution in [1.29, 1.82) is 0 Å². The van der Waals surface area contributed by atoms with Crippen LogP contribution >= 0.6 is 23.1 Å². The molecule has 1 aliphatic rings. The van der Waals surface area contributed by atoms with Gasteiger partial charge in [0.2, 0.25) is 5.01 Å². The van der Waals surface area contributed by atoms with Crippen LogP contribution < -0.4 is 9.47 Å². The van der Waals surface area contributed by atoms with Crippen LogP contribution in [0.2, 0.25) is 0 Å². The second kappa shape index (κ2) is 14.7. The third-order valence-corrected chi connectivity index (χ3v) is 9.53. The Labute approximate surface area is 261 Å². The minimum absolute atomic E-state index is 0. The van der Waals surface area contributed by atoms with Crippen LogP contribution in [0.5, 0.6) is 0 Å². The fourth-order valence-electron chi connectivity index (χ4n) is 4.02. The number of nitrogens with zero attached hydrogens (tertiary/aromatic N) is 2. The number of hydrogen-bond donors (Lipinski definition) is 0. The number of benzene rings is 2. The molecule has 0 bridgehead atoms. The molecule has 39 heavy (non-hydrogen) atoms. The molecule has 2 heterocycles. The Bertz CT molecular complexity index is 1570. The van der Waals surface area contributed by atoms with E-state index in [0.29, 0.717) is 19.5 Å². The Kier molecular flexibility index (Phi) is 12.9. The van der Waals surface area contributed by atoms with Gasteiger partial charge in [-0.15, -0.1) is 12.1 Å². The minimum atomic E-state index is -4.30. The summed E-state index contributed by atoms with van der Waals surface area (Å²) < 4.78 is 69.8. The van der Waals surface area contributed by atoms with Gasteiger partial charge in [0.25, 0.3) is 0 Å². The van der Waals surface area contributed by atoms with E-state index >= 15 is 0 Å². The van der Waals surface area contributed by atoms with Crippen LogP contribution in [0.1, 0.15) is 31.2 Å². The van der Waals surface area contributed by atoms with Crippen molar-refractivity contribution in [3.63, 3.8) is 0 Å². The third-order valence-electron chi connectivity index (χ3n) is 5.73. The van der Waals surface area contributed by atoms with E-state index in [1.54, 1.807) is 23.1 Å². The molecule has 0 unspecified atom stereocenters. The predicted octanol–water partition coefficient (Wildman–Crippen LogP) is 3.90. The van der Waals surface area contributed by atoms with Gasteiger partial charge < -0.3 is 14.0 Å². The summed E-state index contributed by atoms with van der Waals surface area (Å²) in [6, 6.07) is 17.4. The molecule has 0 N–H and O–H groups in total. The van der Waals surface area contributed by atoms with E-state index in [1.807, 2.05) is 52.8 Å². The van der Waals surface area contributed by atoms with Crippen molar-refractivity contribution < 1.29 is 67.6 Å². The molecule has 0 saturated carbocycles. The van der Waals surface area contributed by atoms with Gasteiger partial charge in [-0.3, -0.25) is 0 Å². The van der Waals surface area contributed by atoms with Gasteiger partial charge in [0, 0.05) is 67.7 Å². The van der Waals surface area contributed by atoms with Crippen LogP contribution in [0.15, 0.2) is 58.0 Å². The zero-order chi connectivity index (χ0) is 26.6. The summed E-state index contributed by atoms with van der Waals surface area (Å²) >= 11 is 3.14. The maximum atomic E-state index is 11.1. The van der Waals surface area contributed by atoms with Gasteiger partial charge in [0.1, 0.15) is 12.1 Å². The number of thioether (sulfide) groups is 1. The van der Waals surface area contributed by atoms with E-state index < -0.39 is 31.7 Å². The van der Waals surface area contributed by atoms with Crippen LogP contribution in [-0.4, -0.2) is 44.0 Å². The molecular weight excluding hydrogens is 654 g/mol. The summed E-state index contributed by atoms with van der Waals surface area (Å²) in [4.78, 5) is 3.04. The Balaban J connectivity index is 0.00000267. The van der Waals surface area contributed by atoms with Crippen LogP contribution in [0, 0.1) is 12.1 Å². The van der Waals surface area contributed by atoms with Gasteiger partial charge in [-0.25, -0.2) is 21.4 Å². The van der Waals surface area contributed by atoms with Gasteiger partial charge in [-0.1, -0.05) is 40.6 Å². The van der Waals surface area contributed by atoms with Crippen LogP contribution in [0.25, 0.3) is 16.3 Å². The molecule has 1 aromatic heterocycles. The summed E-state index contributed by atoms with van der Waals surface area (Å²) in [7, 11) is -8.59. The van der Waals surface area contributed by atoms with Gasteiger partial charge in [0.05, 0.1) is 25.3 Å². The van der Waals surface area contributed by atoms with E-state index in [1.165, 1.54) is 0 Å². The van der Waals surface area contributed by atoms with Crippen molar-refractivity contribution in [2.45, 2.75) is 37.6 Å². The predicted molar refractivity (Wildman–Crippen MR) is 144 cm³/mol. The van der Waals surface area contributed by atoms with Crippen LogP contribution in [0.4, 0.5) is 5.69 Å². The van der Waals surface area contributed by atoms with E-state index in [0.717, 1.165) is 36.4 Å². The SMILES string of the molecule is CCC(=Cc1sc2cc[c-]cc2[n+]1CCCS(=O)(=O)[O-])C=C1Sc2cc[c-]cc2N1CCCS(=O)(=O)[O-].[V].[V]. The smallest absolute Gasteiger partial charge is 0.249 e. The topological polar surface area (TPSA) is 122 Å². The molecule has 4 rings (SSSR count). The quantitative estimate of drug-likeness (QED) is 0.170. The first kappa shape index (κ1) is 34.2. The summed E-state index contributed by atoms with van der Waals surface area (Å²) in [5, 5.41) is 1.84. The van der Waals surface area contributed by atoms with Gasteiger partial charge in [0.15, 0.2) is 0 Å². The molecule has 0 atom stereocenters. The van der Waals surface area contributed by atoms with Crippen molar-refractivity contribution in [3.05, 3.63) is 70.2 Å². The first-order chi connectivity index (χ1) is 17.5. The molecular formula is C25H25N2O6S4V2-3. The molecule has 8 nitrogen and oxygen atoms in total. The number of rotatable bonds is 11. The summed E-state index contributed by atoms with van der Waals surface area (Å²) in [5.41, 5.74) is 2.86. The number of hydrogen-bond acceptors (Lipinski definition) is 9. The second-order valence-electron chi connectivity index (χ2n) is 8.42. The summed E-state index contributed by atoms with van der Waals surface area (Å²) in [6.07, 6.45) is 5.24. The Morgan fingerprint density at radius 2 is 1.69 bits per heavy atom. The number of thiazole rings is 1. The first-order valence-corrected chi connectivity index (χ1v) is 16.4. The monoisotopic (exact) mass is 679 g/mol. The largest absolute Gasteiger partial charge is 0.748 e. The third kappa shape index (κ3) is 9.49. The first-order valence-electron chi connectivity index (χ1n) is 11.6. The molecule has 0 saturated heterocycles. The number of anilines is 1. The second-order valence-corrected chi connectivity index (χ2v) is 13.6. The van der Waals surface area contributed by atoms with Crippen molar-refractivity contribution in [1.82, 2.24) is 0 Å². The van der Waals surface area contributed by atoms with E-state index in [9.17, 15) is 25.9 Å². The minimum Gasteiger partial charge on any atom is -0.748 e. The maximum absolute atomic E-state index is 11.1. The van der Waals surface area contributed by atoms with Crippen molar-refractivity contribution in [3.8, 4) is 0 Å². The van der Waals surface area contributed by atoms with Gasteiger partial charge in [-0.05, 0) is 29.2 Å². The Hall–Kier alpha value is -1.05. The number of fused-ring (bicyclic) bond motifs is 2. The van der Waals surface area contributed by atoms with Crippen molar-refractivity contribution in [2.24, 2.45) is 0 Å². The molecule has 0 spiro atoms. The molecule has 0 amide bonds. The van der Waals surface area contributed by atoms with Gasteiger partial charge >= 0.3 is 0 Å². The maximum Gasteiger partial charge on any atom is 0.249 e. The summed E-state index contributed by atoms with van der Waals surface area (Å²) in [6.45, 7) is 2.79. The molecule has 14 heteroatoms.